The Morgan fingerprint density at radius 1 is 1.06 bits per heavy atom. The van der Waals surface area contributed by atoms with Crippen molar-refractivity contribution < 1.29 is 24.1 Å². The lowest BCUT2D eigenvalue weighted by Crippen LogP contribution is -2.16. The molecule has 1 aliphatic heterocycles. The van der Waals surface area contributed by atoms with Gasteiger partial charge in [-0.25, -0.2) is 9.97 Å². The maximum Gasteiger partial charge on any atom is 0.310 e. The molecule has 0 saturated carbocycles. The normalized spacial score (nSPS) is 13.2. The van der Waals surface area contributed by atoms with Gasteiger partial charge in [0.25, 0.3) is 0 Å². The molecule has 1 aromatic heterocycles. The van der Waals surface area contributed by atoms with Crippen molar-refractivity contribution in [1.29, 1.82) is 0 Å². The van der Waals surface area contributed by atoms with Gasteiger partial charge in [-0.3, -0.25) is 4.79 Å². The fourth-order valence-electron chi connectivity index (χ4n) is 4.34. The maximum atomic E-state index is 11.5. The van der Waals surface area contributed by atoms with E-state index >= 15 is 0 Å². The lowest BCUT2D eigenvalue weighted by molar-refractivity contribution is -0.138. The molecule has 0 spiro atoms. The standard InChI is InChI=1S/C28H33N3O5/c1-4-6-19-13-20(7-8-22(19)18(3)28(32)33)23-15-27(31-17-30-23)29-10-9-21-14-25-26(36-12-11-35-25)16-24(21)34-5-2/h7-8,13-18H,4-6,9-12H2,1-3H3,(H,32,33)(H,29,30,31). The van der Waals surface area contributed by atoms with E-state index in [2.05, 4.69) is 22.2 Å². The van der Waals surface area contributed by atoms with Gasteiger partial charge in [-0.15, -0.1) is 0 Å². The van der Waals surface area contributed by atoms with E-state index in [0.717, 1.165) is 58.1 Å². The molecule has 4 rings (SSSR count). The average Bonchev–Trinajstić information content (AvgIpc) is 2.89. The van der Waals surface area contributed by atoms with Crippen molar-refractivity contribution in [2.24, 2.45) is 0 Å². The number of aryl methyl sites for hydroxylation is 1. The molecule has 8 heteroatoms. The van der Waals surface area contributed by atoms with Crippen molar-refractivity contribution in [3.63, 3.8) is 0 Å². The van der Waals surface area contributed by atoms with Gasteiger partial charge in [0.15, 0.2) is 11.5 Å². The number of carboxylic acids is 1. The number of nitrogens with one attached hydrogen (secondary N) is 1. The number of hydrogen-bond donors (Lipinski definition) is 2. The largest absolute Gasteiger partial charge is 0.493 e. The second kappa shape index (κ2) is 11.7. The van der Waals surface area contributed by atoms with Gasteiger partial charge in [0.2, 0.25) is 0 Å². The molecular formula is C28H33N3O5. The van der Waals surface area contributed by atoms with Crippen molar-refractivity contribution in [3.8, 4) is 28.5 Å². The molecule has 0 amide bonds. The summed E-state index contributed by atoms with van der Waals surface area (Å²) in [7, 11) is 0. The van der Waals surface area contributed by atoms with Crippen molar-refractivity contribution in [3.05, 3.63) is 59.4 Å². The number of carbonyl (C=O) groups is 1. The van der Waals surface area contributed by atoms with Gasteiger partial charge in [-0.1, -0.05) is 25.5 Å². The van der Waals surface area contributed by atoms with Gasteiger partial charge < -0.3 is 24.6 Å². The van der Waals surface area contributed by atoms with Crippen LogP contribution in [0.4, 0.5) is 5.82 Å². The van der Waals surface area contributed by atoms with Gasteiger partial charge in [0.1, 0.15) is 31.1 Å². The Kier molecular flexibility index (Phi) is 8.25. The number of anilines is 1. The molecular weight excluding hydrogens is 458 g/mol. The van der Waals surface area contributed by atoms with Crippen LogP contribution in [0.15, 0.2) is 42.7 Å². The number of aliphatic carboxylic acids is 1. The molecule has 2 heterocycles. The molecule has 190 valence electrons. The van der Waals surface area contributed by atoms with Gasteiger partial charge >= 0.3 is 5.97 Å². The molecule has 0 bridgehead atoms. The summed E-state index contributed by atoms with van der Waals surface area (Å²) in [6.45, 7) is 8.07. The average molecular weight is 492 g/mol. The molecule has 0 fully saturated rings. The number of hydrogen-bond acceptors (Lipinski definition) is 7. The minimum Gasteiger partial charge on any atom is -0.493 e. The minimum absolute atomic E-state index is 0.538. The molecule has 0 aliphatic carbocycles. The third-order valence-electron chi connectivity index (χ3n) is 6.19. The van der Waals surface area contributed by atoms with Crippen LogP contribution in [0.25, 0.3) is 11.3 Å². The quantitative estimate of drug-likeness (QED) is 0.382. The molecule has 8 nitrogen and oxygen atoms in total. The zero-order chi connectivity index (χ0) is 25.5. The Labute approximate surface area is 211 Å². The van der Waals surface area contributed by atoms with Crippen LogP contribution < -0.4 is 19.5 Å². The Bertz CT molecular complexity index is 1210. The minimum atomic E-state index is -0.820. The molecule has 1 aliphatic rings. The maximum absolute atomic E-state index is 11.5. The predicted octanol–water partition coefficient (Wildman–Crippen LogP) is 5.11. The van der Waals surface area contributed by atoms with Crippen molar-refractivity contribution in [2.75, 3.05) is 31.7 Å². The third-order valence-corrected chi connectivity index (χ3v) is 6.19. The second-order valence-corrected chi connectivity index (χ2v) is 8.73. The van der Waals surface area contributed by atoms with Crippen molar-refractivity contribution >= 4 is 11.8 Å². The van der Waals surface area contributed by atoms with E-state index in [4.69, 9.17) is 14.2 Å². The van der Waals surface area contributed by atoms with Crippen LogP contribution in [0, 0.1) is 0 Å². The molecule has 1 unspecified atom stereocenters. The van der Waals surface area contributed by atoms with Crippen molar-refractivity contribution in [2.45, 2.75) is 46.0 Å². The zero-order valence-electron chi connectivity index (χ0n) is 21.0. The monoisotopic (exact) mass is 491 g/mol. The Balaban J connectivity index is 1.48. The van der Waals surface area contributed by atoms with Crippen LogP contribution >= 0.6 is 0 Å². The highest BCUT2D eigenvalue weighted by molar-refractivity contribution is 5.77. The third kappa shape index (κ3) is 5.87. The van der Waals surface area contributed by atoms with E-state index < -0.39 is 11.9 Å². The lowest BCUT2D eigenvalue weighted by Gasteiger charge is -2.21. The van der Waals surface area contributed by atoms with Gasteiger partial charge in [0.05, 0.1) is 18.2 Å². The fraction of sp³-hybridized carbons (Fsp3) is 0.393. The smallest absolute Gasteiger partial charge is 0.310 e. The molecule has 1 atom stereocenters. The van der Waals surface area contributed by atoms with E-state index in [1.165, 1.54) is 0 Å². The molecule has 3 aromatic rings. The first-order valence-electron chi connectivity index (χ1n) is 12.5. The van der Waals surface area contributed by atoms with E-state index in [0.29, 0.717) is 38.5 Å². The second-order valence-electron chi connectivity index (χ2n) is 8.73. The Morgan fingerprint density at radius 2 is 1.83 bits per heavy atom. The molecule has 0 radical (unpaired) electrons. The van der Waals surface area contributed by atoms with Crippen LogP contribution in [0.3, 0.4) is 0 Å². The zero-order valence-corrected chi connectivity index (χ0v) is 21.0. The van der Waals surface area contributed by atoms with E-state index in [1.54, 1.807) is 13.3 Å². The van der Waals surface area contributed by atoms with Gasteiger partial charge in [-0.05, 0) is 55.5 Å². The lowest BCUT2D eigenvalue weighted by atomic mass is 9.91. The van der Waals surface area contributed by atoms with Crippen molar-refractivity contribution in [1.82, 2.24) is 9.97 Å². The summed E-state index contributed by atoms with van der Waals surface area (Å²) in [6, 6.07) is 11.7. The SMILES string of the molecule is CCCc1cc(-c2cc(NCCc3cc4c(cc3OCC)OCCO4)ncn2)ccc1C(C)C(=O)O. The number of carboxylic acid groups (broad SMARTS) is 1. The van der Waals surface area contributed by atoms with Crippen LogP contribution in [-0.2, 0) is 17.6 Å². The first kappa shape index (κ1) is 25.3. The number of nitrogens with zero attached hydrogens (tertiary/aromatic N) is 2. The highest BCUT2D eigenvalue weighted by Gasteiger charge is 2.19. The first-order chi connectivity index (χ1) is 17.5. The number of rotatable bonds is 11. The summed E-state index contributed by atoms with van der Waals surface area (Å²) < 4.78 is 17.2. The summed E-state index contributed by atoms with van der Waals surface area (Å²) in [5.74, 6) is 1.60. The summed E-state index contributed by atoms with van der Waals surface area (Å²) in [5.41, 5.74) is 4.66. The molecule has 2 aromatic carbocycles. The van der Waals surface area contributed by atoms with Gasteiger partial charge in [-0.2, -0.15) is 0 Å². The van der Waals surface area contributed by atoms with Gasteiger partial charge in [0, 0.05) is 24.2 Å². The van der Waals surface area contributed by atoms with E-state index in [9.17, 15) is 9.90 Å². The van der Waals surface area contributed by atoms with E-state index in [-0.39, 0.29) is 0 Å². The highest BCUT2D eigenvalue weighted by atomic mass is 16.6. The van der Waals surface area contributed by atoms with Crippen LogP contribution in [0.5, 0.6) is 17.2 Å². The number of benzene rings is 2. The van der Waals surface area contributed by atoms with E-state index in [1.807, 2.05) is 43.3 Å². The summed E-state index contributed by atoms with van der Waals surface area (Å²) in [6.07, 6.45) is 4.01. The first-order valence-corrected chi connectivity index (χ1v) is 12.5. The molecule has 2 N–H and O–H groups in total. The topological polar surface area (TPSA) is 103 Å². The van der Waals surface area contributed by atoms with Crippen LogP contribution in [0.1, 0.15) is 49.8 Å². The summed E-state index contributed by atoms with van der Waals surface area (Å²) in [4.78, 5) is 20.4. The molecule has 36 heavy (non-hydrogen) atoms. The summed E-state index contributed by atoms with van der Waals surface area (Å²) in [5, 5.41) is 12.9. The highest BCUT2D eigenvalue weighted by Crippen LogP contribution is 2.37. The van der Waals surface area contributed by atoms with Crippen LogP contribution in [0.2, 0.25) is 0 Å². The Hall–Kier alpha value is -3.81. The van der Waals surface area contributed by atoms with Crippen LogP contribution in [-0.4, -0.2) is 47.4 Å². The number of aromatic nitrogens is 2. The summed E-state index contributed by atoms with van der Waals surface area (Å²) >= 11 is 0. The number of ether oxygens (including phenoxy) is 3. The fourth-order valence-corrected chi connectivity index (χ4v) is 4.34. The molecule has 0 saturated heterocycles. The number of fused-ring (bicyclic) bond motifs is 1. The predicted molar refractivity (Wildman–Crippen MR) is 138 cm³/mol. The Morgan fingerprint density at radius 3 is 2.56 bits per heavy atom.